The number of carbonyl (C=O) groups is 2. The monoisotopic (exact) mass is 427 g/mol. The van der Waals surface area contributed by atoms with Crippen LogP contribution in [0.2, 0.25) is 0 Å². The van der Waals surface area contributed by atoms with Crippen LogP contribution < -0.4 is 10.2 Å². The normalized spacial score (nSPS) is 12.7. The molecule has 1 aliphatic rings. The second kappa shape index (κ2) is 9.30. The van der Waals surface area contributed by atoms with Crippen LogP contribution in [0.3, 0.4) is 0 Å². The van der Waals surface area contributed by atoms with Crippen molar-refractivity contribution in [2.45, 2.75) is 38.5 Å². The molecule has 0 atom stereocenters. The third-order valence-electron chi connectivity index (χ3n) is 4.98. The van der Waals surface area contributed by atoms with Gasteiger partial charge >= 0.3 is 0 Å². The van der Waals surface area contributed by atoms with Crippen LogP contribution in [-0.2, 0) is 11.2 Å². The Balaban J connectivity index is 1.75. The first-order valence-corrected chi connectivity index (χ1v) is 10.9. The summed E-state index contributed by atoms with van der Waals surface area (Å²) in [6.07, 6.45) is 1.69. The van der Waals surface area contributed by atoms with Crippen LogP contribution in [0.25, 0.3) is 0 Å². The van der Waals surface area contributed by atoms with E-state index in [0.29, 0.717) is 23.0 Å². The summed E-state index contributed by atoms with van der Waals surface area (Å²) in [4.78, 5) is 37.7. The molecule has 0 unspecified atom stereocenters. The summed E-state index contributed by atoms with van der Waals surface area (Å²) in [5.41, 5.74) is 2.63. The lowest BCUT2D eigenvalue weighted by atomic mass is 10.1. The maximum Gasteiger partial charge on any atom is 0.283 e. The highest BCUT2D eigenvalue weighted by molar-refractivity contribution is 7.99. The van der Waals surface area contributed by atoms with Gasteiger partial charge in [0, 0.05) is 36.5 Å². The number of rotatable bonds is 7. The molecule has 8 heteroatoms. The average Bonchev–Trinajstić information content (AvgIpc) is 3.11. The lowest BCUT2D eigenvalue weighted by Crippen LogP contribution is -2.25. The summed E-state index contributed by atoms with van der Waals surface area (Å²) < 4.78 is 0. The lowest BCUT2D eigenvalue weighted by Gasteiger charge is -2.15. The Morgan fingerprint density at radius 1 is 1.23 bits per heavy atom. The first-order valence-electron chi connectivity index (χ1n) is 9.90. The van der Waals surface area contributed by atoms with Crippen molar-refractivity contribution in [3.63, 3.8) is 0 Å². The summed E-state index contributed by atoms with van der Waals surface area (Å²) in [5.74, 6) is 0.898. The fourth-order valence-corrected chi connectivity index (χ4v) is 4.59. The molecule has 0 aliphatic carbocycles. The molecule has 2 amide bonds. The van der Waals surface area contributed by atoms with Crippen LogP contribution in [0.5, 0.6) is 0 Å². The number of hydrogen-bond donors (Lipinski definition) is 1. The van der Waals surface area contributed by atoms with E-state index in [1.54, 1.807) is 23.1 Å². The van der Waals surface area contributed by atoms with Gasteiger partial charge in [-0.2, -0.15) is 0 Å². The molecular weight excluding hydrogens is 402 g/mol. The number of fused-ring (bicyclic) bond motifs is 1. The zero-order valence-electron chi connectivity index (χ0n) is 17.3. The minimum Gasteiger partial charge on any atom is -0.322 e. The predicted molar refractivity (Wildman–Crippen MR) is 119 cm³/mol. The van der Waals surface area contributed by atoms with Gasteiger partial charge < -0.3 is 10.2 Å². The van der Waals surface area contributed by atoms with Crippen molar-refractivity contribution in [3.8, 4) is 0 Å². The molecule has 3 rings (SSSR count). The zero-order valence-corrected chi connectivity index (χ0v) is 18.1. The Labute approximate surface area is 180 Å². The van der Waals surface area contributed by atoms with Gasteiger partial charge in [0.15, 0.2) is 0 Å². The fourth-order valence-electron chi connectivity index (χ4n) is 3.34. The molecule has 0 fully saturated rings. The fraction of sp³-hybridized carbons (Fsp3) is 0.364. The number of nitro benzene ring substituents is 1. The number of thioether (sulfide) groups is 1. The van der Waals surface area contributed by atoms with Crippen molar-refractivity contribution < 1.29 is 14.5 Å². The minimum atomic E-state index is -0.444. The Bertz CT molecular complexity index is 990. The topological polar surface area (TPSA) is 92.6 Å². The van der Waals surface area contributed by atoms with Crippen molar-refractivity contribution in [1.29, 1.82) is 0 Å². The molecule has 30 heavy (non-hydrogen) atoms. The van der Waals surface area contributed by atoms with E-state index < -0.39 is 10.8 Å². The largest absolute Gasteiger partial charge is 0.322 e. The Morgan fingerprint density at radius 3 is 2.67 bits per heavy atom. The molecule has 0 saturated carbocycles. The van der Waals surface area contributed by atoms with Gasteiger partial charge in [0.1, 0.15) is 0 Å². The number of nitrogens with zero attached hydrogens (tertiary/aromatic N) is 2. The molecule has 2 aromatic carbocycles. The predicted octanol–water partition coefficient (Wildman–Crippen LogP) is 4.89. The first kappa shape index (κ1) is 21.8. The molecule has 0 bridgehead atoms. The molecule has 2 aromatic rings. The van der Waals surface area contributed by atoms with Crippen LogP contribution in [0.1, 0.15) is 43.1 Å². The second-order valence-electron chi connectivity index (χ2n) is 7.69. The van der Waals surface area contributed by atoms with Crippen LogP contribution in [0, 0.1) is 16.0 Å². The Morgan fingerprint density at radius 2 is 2.00 bits per heavy atom. The number of carbonyl (C=O) groups excluding carboxylic acids is 2. The quantitative estimate of drug-likeness (QED) is 0.386. The Hall–Kier alpha value is -2.87. The van der Waals surface area contributed by atoms with Crippen LogP contribution in [-0.4, -0.2) is 29.0 Å². The second-order valence-corrected chi connectivity index (χ2v) is 8.83. The summed E-state index contributed by atoms with van der Waals surface area (Å²) in [6, 6.07) is 9.99. The van der Waals surface area contributed by atoms with Gasteiger partial charge in [-0.3, -0.25) is 19.7 Å². The highest BCUT2D eigenvalue weighted by atomic mass is 32.2. The highest BCUT2D eigenvalue weighted by Crippen LogP contribution is 2.33. The van der Waals surface area contributed by atoms with Crippen LogP contribution >= 0.6 is 11.8 Å². The van der Waals surface area contributed by atoms with E-state index in [2.05, 4.69) is 19.2 Å². The van der Waals surface area contributed by atoms with Crippen molar-refractivity contribution >= 4 is 40.6 Å². The molecule has 7 nitrogen and oxygen atoms in total. The summed E-state index contributed by atoms with van der Waals surface area (Å²) in [6.45, 7) is 6.38. The Kier molecular flexibility index (Phi) is 6.77. The van der Waals surface area contributed by atoms with Crippen molar-refractivity contribution in [3.05, 3.63) is 57.6 Å². The molecule has 1 N–H and O–H groups in total. The number of amides is 2. The van der Waals surface area contributed by atoms with Gasteiger partial charge in [0.2, 0.25) is 5.91 Å². The lowest BCUT2D eigenvalue weighted by molar-refractivity contribution is -0.387. The number of benzene rings is 2. The van der Waals surface area contributed by atoms with E-state index in [4.69, 9.17) is 0 Å². The maximum atomic E-state index is 12.7. The van der Waals surface area contributed by atoms with Crippen molar-refractivity contribution in [2.75, 3.05) is 22.5 Å². The molecule has 1 heterocycles. The molecule has 0 radical (unpaired) electrons. The van der Waals surface area contributed by atoms with E-state index in [9.17, 15) is 19.7 Å². The molecule has 158 valence electrons. The van der Waals surface area contributed by atoms with E-state index in [-0.39, 0.29) is 17.2 Å². The van der Waals surface area contributed by atoms with Gasteiger partial charge in [0.25, 0.3) is 11.6 Å². The highest BCUT2D eigenvalue weighted by Gasteiger charge is 2.23. The van der Waals surface area contributed by atoms with Crippen LogP contribution in [0.15, 0.2) is 41.3 Å². The number of hydrogen-bond acceptors (Lipinski definition) is 5. The molecular formula is C22H25N3O4S. The van der Waals surface area contributed by atoms with E-state index in [0.717, 1.165) is 29.8 Å². The van der Waals surface area contributed by atoms with Gasteiger partial charge in [-0.25, -0.2) is 0 Å². The minimum absolute atomic E-state index is 0.0100. The third kappa shape index (κ3) is 4.99. The van der Waals surface area contributed by atoms with Crippen LogP contribution in [0.4, 0.5) is 17.1 Å². The number of nitro groups is 1. The smallest absolute Gasteiger partial charge is 0.283 e. The third-order valence-corrected chi connectivity index (χ3v) is 6.08. The molecule has 0 aromatic heterocycles. The van der Waals surface area contributed by atoms with E-state index in [1.807, 2.05) is 12.1 Å². The summed E-state index contributed by atoms with van der Waals surface area (Å²) >= 11 is 1.44. The molecule has 0 saturated heterocycles. The summed E-state index contributed by atoms with van der Waals surface area (Å²) in [7, 11) is 0. The first-order chi connectivity index (χ1) is 14.3. The van der Waals surface area contributed by atoms with Crippen molar-refractivity contribution in [2.24, 2.45) is 5.92 Å². The van der Waals surface area contributed by atoms with E-state index in [1.165, 1.54) is 24.8 Å². The summed E-state index contributed by atoms with van der Waals surface area (Å²) in [5, 5.41) is 14.3. The number of anilines is 2. The zero-order chi connectivity index (χ0) is 21.8. The number of nitrogens with one attached hydrogen (secondary N) is 1. The van der Waals surface area contributed by atoms with Crippen molar-refractivity contribution in [1.82, 2.24) is 0 Å². The van der Waals surface area contributed by atoms with Gasteiger partial charge in [-0.1, -0.05) is 13.8 Å². The van der Waals surface area contributed by atoms with E-state index >= 15 is 0 Å². The molecule has 1 aliphatic heterocycles. The van der Waals surface area contributed by atoms with Gasteiger partial charge in [-0.15, -0.1) is 11.8 Å². The SMILES string of the molecule is CC(=O)N1CCc2cc(NC(=O)c3ccc(SCCC(C)C)c([N+](=O)[O-])c3)ccc21. The average molecular weight is 428 g/mol. The maximum absolute atomic E-state index is 12.7. The molecule has 0 spiro atoms. The standard InChI is InChI=1S/C22H25N3O4S/c1-14(2)9-11-30-21-7-4-17(13-20(21)25(28)29)22(27)23-18-5-6-19-16(12-18)8-10-24(19)15(3)26/h4-7,12-14H,8-11H2,1-3H3,(H,23,27). The van der Waals surface area contributed by atoms with Gasteiger partial charge in [-0.05, 0) is 60.4 Å². The van der Waals surface area contributed by atoms with Gasteiger partial charge in [0.05, 0.1) is 9.82 Å².